The molecule has 2 N–H and O–H groups in total. The average Bonchev–Trinajstić information content (AvgIpc) is 2.81. The molecule has 0 bridgehead atoms. The van der Waals surface area contributed by atoms with E-state index in [4.69, 9.17) is 10.5 Å². The van der Waals surface area contributed by atoms with Crippen molar-refractivity contribution in [3.8, 4) is 5.75 Å². The van der Waals surface area contributed by atoms with Gasteiger partial charge < -0.3 is 10.5 Å². The molecule has 1 aromatic carbocycles. The summed E-state index contributed by atoms with van der Waals surface area (Å²) in [6.07, 6.45) is 7.63. The van der Waals surface area contributed by atoms with Gasteiger partial charge >= 0.3 is 0 Å². The molecule has 0 aliphatic heterocycles. The first kappa shape index (κ1) is 13.4. The second-order valence-corrected chi connectivity index (χ2v) is 6.03. The van der Waals surface area contributed by atoms with Gasteiger partial charge in [-0.3, -0.25) is 0 Å². The first-order chi connectivity index (χ1) is 8.59. The molecular formula is C16H25NO. The highest BCUT2D eigenvalue weighted by molar-refractivity contribution is 5.28. The van der Waals surface area contributed by atoms with Gasteiger partial charge in [-0.1, -0.05) is 37.8 Å². The number of hydrogen-bond donors (Lipinski definition) is 1. The lowest BCUT2D eigenvalue weighted by Gasteiger charge is -2.28. The number of benzene rings is 1. The quantitative estimate of drug-likeness (QED) is 0.863. The van der Waals surface area contributed by atoms with Gasteiger partial charge in [0.25, 0.3) is 0 Å². The molecule has 1 aliphatic rings. The van der Waals surface area contributed by atoms with Gasteiger partial charge in [-0.15, -0.1) is 0 Å². The zero-order valence-corrected chi connectivity index (χ0v) is 11.6. The highest BCUT2D eigenvalue weighted by Gasteiger charge is 2.26. The largest absolute Gasteiger partial charge is 0.497 e. The summed E-state index contributed by atoms with van der Waals surface area (Å²) in [6, 6.07) is 8.28. The molecule has 0 aromatic heterocycles. The van der Waals surface area contributed by atoms with Crippen LogP contribution in [-0.2, 0) is 6.42 Å². The number of nitrogens with two attached hydrogens (primary N) is 1. The van der Waals surface area contributed by atoms with Crippen molar-refractivity contribution < 1.29 is 4.74 Å². The predicted molar refractivity (Wildman–Crippen MR) is 75.9 cm³/mol. The first-order valence-corrected chi connectivity index (χ1v) is 7.01. The van der Waals surface area contributed by atoms with E-state index in [0.717, 1.165) is 24.5 Å². The van der Waals surface area contributed by atoms with Crippen LogP contribution in [-0.4, -0.2) is 12.6 Å². The minimum absolute atomic E-state index is 0.0798. The SMILES string of the molecule is COc1ccc(CC(C)(N)CC2CCCC2)cc1. The van der Waals surface area contributed by atoms with Crippen LogP contribution in [0.4, 0.5) is 0 Å². The standard InChI is InChI=1S/C16H25NO/c1-16(17,11-13-5-3-4-6-13)12-14-7-9-15(18-2)10-8-14/h7-10,13H,3-6,11-12,17H2,1-2H3. The second kappa shape index (κ2) is 5.75. The monoisotopic (exact) mass is 247 g/mol. The Morgan fingerprint density at radius 3 is 2.39 bits per heavy atom. The third-order valence-electron chi connectivity index (χ3n) is 4.00. The molecule has 100 valence electrons. The molecule has 0 saturated heterocycles. The van der Waals surface area contributed by atoms with E-state index in [1.54, 1.807) is 7.11 Å². The fourth-order valence-electron chi connectivity index (χ4n) is 3.16. The van der Waals surface area contributed by atoms with Gasteiger partial charge in [0.2, 0.25) is 0 Å². The minimum Gasteiger partial charge on any atom is -0.497 e. The van der Waals surface area contributed by atoms with E-state index in [1.165, 1.54) is 31.2 Å². The van der Waals surface area contributed by atoms with Crippen molar-refractivity contribution in [1.82, 2.24) is 0 Å². The topological polar surface area (TPSA) is 35.2 Å². The van der Waals surface area contributed by atoms with Crippen LogP contribution in [0, 0.1) is 5.92 Å². The van der Waals surface area contributed by atoms with Gasteiger partial charge in [0.15, 0.2) is 0 Å². The highest BCUT2D eigenvalue weighted by atomic mass is 16.5. The molecule has 1 aliphatic carbocycles. The Balaban J connectivity index is 1.92. The molecule has 0 spiro atoms. The minimum atomic E-state index is -0.0798. The van der Waals surface area contributed by atoms with Crippen molar-refractivity contribution in [1.29, 1.82) is 0 Å². The smallest absolute Gasteiger partial charge is 0.118 e. The van der Waals surface area contributed by atoms with Crippen LogP contribution in [0.1, 0.15) is 44.6 Å². The molecule has 1 saturated carbocycles. The van der Waals surface area contributed by atoms with E-state index in [2.05, 4.69) is 19.1 Å². The van der Waals surface area contributed by atoms with Gasteiger partial charge in [0.1, 0.15) is 5.75 Å². The zero-order chi connectivity index (χ0) is 13.0. The number of rotatable bonds is 5. The van der Waals surface area contributed by atoms with E-state index in [1.807, 2.05) is 12.1 Å². The summed E-state index contributed by atoms with van der Waals surface area (Å²) < 4.78 is 5.18. The van der Waals surface area contributed by atoms with Crippen molar-refractivity contribution in [3.05, 3.63) is 29.8 Å². The van der Waals surface area contributed by atoms with E-state index < -0.39 is 0 Å². The summed E-state index contributed by atoms with van der Waals surface area (Å²) in [5.74, 6) is 1.76. The van der Waals surface area contributed by atoms with Crippen LogP contribution in [0.3, 0.4) is 0 Å². The van der Waals surface area contributed by atoms with Gasteiger partial charge in [0.05, 0.1) is 7.11 Å². The summed E-state index contributed by atoms with van der Waals surface area (Å²) in [7, 11) is 1.70. The third kappa shape index (κ3) is 3.74. The Kier molecular flexibility index (Phi) is 4.28. The highest BCUT2D eigenvalue weighted by Crippen LogP contribution is 2.32. The lowest BCUT2D eigenvalue weighted by molar-refractivity contribution is 0.339. The summed E-state index contributed by atoms with van der Waals surface area (Å²) in [5, 5.41) is 0. The Bertz CT molecular complexity index is 363. The van der Waals surface area contributed by atoms with E-state index in [0.29, 0.717) is 0 Å². The fraction of sp³-hybridized carbons (Fsp3) is 0.625. The lowest BCUT2D eigenvalue weighted by Crippen LogP contribution is -2.40. The summed E-state index contributed by atoms with van der Waals surface area (Å²) >= 11 is 0. The average molecular weight is 247 g/mol. The molecule has 0 radical (unpaired) electrons. The molecule has 18 heavy (non-hydrogen) atoms. The van der Waals surface area contributed by atoms with Gasteiger partial charge in [-0.2, -0.15) is 0 Å². The first-order valence-electron chi connectivity index (χ1n) is 7.01. The summed E-state index contributed by atoms with van der Waals surface area (Å²) in [5.41, 5.74) is 7.69. The van der Waals surface area contributed by atoms with Crippen molar-refractivity contribution >= 4 is 0 Å². The molecule has 1 atom stereocenters. The lowest BCUT2D eigenvalue weighted by atomic mass is 9.84. The van der Waals surface area contributed by atoms with Gasteiger partial charge in [-0.25, -0.2) is 0 Å². The zero-order valence-electron chi connectivity index (χ0n) is 11.6. The van der Waals surface area contributed by atoms with Gasteiger partial charge in [-0.05, 0) is 43.4 Å². The molecule has 2 rings (SSSR count). The summed E-state index contributed by atoms with van der Waals surface area (Å²) in [6.45, 7) is 2.19. The van der Waals surface area contributed by atoms with Gasteiger partial charge in [0, 0.05) is 5.54 Å². The Morgan fingerprint density at radius 2 is 1.83 bits per heavy atom. The fourth-order valence-corrected chi connectivity index (χ4v) is 3.16. The molecule has 0 amide bonds. The maximum atomic E-state index is 6.47. The third-order valence-corrected chi connectivity index (χ3v) is 4.00. The molecule has 2 heteroatoms. The second-order valence-electron chi connectivity index (χ2n) is 6.03. The molecule has 2 nitrogen and oxygen atoms in total. The van der Waals surface area contributed by atoms with Crippen molar-refractivity contribution in [2.24, 2.45) is 11.7 Å². The normalized spacial score (nSPS) is 19.7. The van der Waals surface area contributed by atoms with E-state index in [9.17, 15) is 0 Å². The number of methoxy groups -OCH3 is 1. The van der Waals surface area contributed by atoms with Crippen molar-refractivity contribution in [2.45, 2.75) is 51.0 Å². The van der Waals surface area contributed by atoms with Crippen molar-refractivity contribution in [2.75, 3.05) is 7.11 Å². The van der Waals surface area contributed by atoms with Crippen LogP contribution in [0.25, 0.3) is 0 Å². The molecular weight excluding hydrogens is 222 g/mol. The summed E-state index contributed by atoms with van der Waals surface area (Å²) in [4.78, 5) is 0. The Labute approximate surface area is 111 Å². The Morgan fingerprint density at radius 1 is 1.22 bits per heavy atom. The van der Waals surface area contributed by atoms with Crippen molar-refractivity contribution in [3.63, 3.8) is 0 Å². The van der Waals surface area contributed by atoms with E-state index in [-0.39, 0.29) is 5.54 Å². The predicted octanol–water partition coefficient (Wildman–Crippen LogP) is 3.54. The maximum absolute atomic E-state index is 6.47. The number of ether oxygens (including phenoxy) is 1. The molecule has 1 fully saturated rings. The van der Waals surface area contributed by atoms with E-state index >= 15 is 0 Å². The van der Waals surface area contributed by atoms with Crippen LogP contribution in [0.2, 0.25) is 0 Å². The van der Waals surface area contributed by atoms with Crippen LogP contribution in [0.15, 0.2) is 24.3 Å². The Hall–Kier alpha value is -1.02. The molecule has 1 unspecified atom stereocenters. The number of hydrogen-bond acceptors (Lipinski definition) is 2. The molecule has 1 aromatic rings. The van der Waals surface area contributed by atoms with Crippen LogP contribution in [0.5, 0.6) is 5.75 Å². The maximum Gasteiger partial charge on any atom is 0.118 e. The van der Waals surface area contributed by atoms with Crippen LogP contribution >= 0.6 is 0 Å². The molecule has 0 heterocycles. The van der Waals surface area contributed by atoms with Crippen LogP contribution < -0.4 is 10.5 Å².